The lowest BCUT2D eigenvalue weighted by atomic mass is 9.98. The van der Waals surface area contributed by atoms with Crippen LogP contribution in [-0.4, -0.2) is 47.7 Å². The van der Waals surface area contributed by atoms with Gasteiger partial charge in [-0.1, -0.05) is 48.5 Å². The molecule has 34 heavy (non-hydrogen) atoms. The molecule has 3 aromatic rings. The zero-order valence-corrected chi connectivity index (χ0v) is 18.6. The standard InChI is InChI=1S/C26H23FN2O5/c1-15(25(31)32)29(2)24(30)21-13-16(27)11-12-23(21)28-26(33)34-14-22-19-9-5-3-7-17(19)18-8-4-6-10-20(18)22/h3-13,15,22H,14H2,1-2H3,(H,28,33)(H,31,32)/t15-/m0/s1. The van der Waals surface area contributed by atoms with Gasteiger partial charge in [0.1, 0.15) is 18.5 Å². The molecule has 1 aliphatic rings. The van der Waals surface area contributed by atoms with Gasteiger partial charge in [-0.2, -0.15) is 0 Å². The smallest absolute Gasteiger partial charge is 0.411 e. The SMILES string of the molecule is C[C@@H](C(=O)O)N(C)C(=O)c1cc(F)ccc1NC(=O)OCC1c2ccccc2-c2ccccc21. The molecule has 8 heteroatoms. The first kappa shape index (κ1) is 23.0. The Bertz CT molecular complexity index is 1230. The van der Waals surface area contributed by atoms with Gasteiger partial charge in [0.25, 0.3) is 5.91 Å². The average Bonchev–Trinajstić information content (AvgIpc) is 3.16. The molecule has 0 saturated carbocycles. The number of halogens is 1. The molecule has 0 saturated heterocycles. The summed E-state index contributed by atoms with van der Waals surface area (Å²) in [6.07, 6.45) is -0.809. The van der Waals surface area contributed by atoms with Gasteiger partial charge in [-0.05, 0) is 47.4 Å². The molecule has 3 aromatic carbocycles. The van der Waals surface area contributed by atoms with Crippen molar-refractivity contribution in [3.8, 4) is 11.1 Å². The van der Waals surface area contributed by atoms with Crippen molar-refractivity contribution in [2.75, 3.05) is 19.0 Å². The summed E-state index contributed by atoms with van der Waals surface area (Å²) in [6.45, 7) is 1.40. The third kappa shape index (κ3) is 4.34. The lowest BCUT2D eigenvalue weighted by Gasteiger charge is -2.23. The second-order valence-corrected chi connectivity index (χ2v) is 8.07. The number of carboxylic acids is 1. The summed E-state index contributed by atoms with van der Waals surface area (Å²) < 4.78 is 19.4. The van der Waals surface area contributed by atoms with E-state index < -0.39 is 29.8 Å². The van der Waals surface area contributed by atoms with Gasteiger partial charge in [-0.3, -0.25) is 10.1 Å². The third-order valence-corrected chi connectivity index (χ3v) is 6.05. The molecule has 0 heterocycles. The maximum Gasteiger partial charge on any atom is 0.411 e. The number of ether oxygens (including phenoxy) is 1. The van der Waals surface area contributed by atoms with Crippen molar-refractivity contribution in [2.24, 2.45) is 0 Å². The van der Waals surface area contributed by atoms with Gasteiger partial charge in [0, 0.05) is 13.0 Å². The number of nitrogens with one attached hydrogen (secondary N) is 1. The van der Waals surface area contributed by atoms with Crippen molar-refractivity contribution in [3.63, 3.8) is 0 Å². The van der Waals surface area contributed by atoms with Crippen LogP contribution in [0.25, 0.3) is 11.1 Å². The minimum Gasteiger partial charge on any atom is -0.480 e. The minimum atomic E-state index is -1.21. The van der Waals surface area contributed by atoms with E-state index in [1.165, 1.54) is 20.0 Å². The van der Waals surface area contributed by atoms with Crippen LogP contribution in [0.1, 0.15) is 34.3 Å². The Kier molecular flexibility index (Phi) is 6.32. The summed E-state index contributed by atoms with van der Waals surface area (Å²) in [4.78, 5) is 37.6. The monoisotopic (exact) mass is 462 g/mol. The number of anilines is 1. The highest BCUT2D eigenvalue weighted by atomic mass is 19.1. The van der Waals surface area contributed by atoms with Gasteiger partial charge in [-0.15, -0.1) is 0 Å². The first-order valence-electron chi connectivity index (χ1n) is 10.7. The summed E-state index contributed by atoms with van der Waals surface area (Å²) in [7, 11) is 1.29. The maximum absolute atomic E-state index is 13.9. The van der Waals surface area contributed by atoms with Crippen LogP contribution in [0.2, 0.25) is 0 Å². The Morgan fingerprint density at radius 2 is 1.62 bits per heavy atom. The molecule has 0 bridgehead atoms. The molecule has 2 N–H and O–H groups in total. The van der Waals surface area contributed by atoms with E-state index in [0.29, 0.717) is 0 Å². The van der Waals surface area contributed by atoms with E-state index in [1.54, 1.807) is 0 Å². The fourth-order valence-electron chi connectivity index (χ4n) is 4.08. The summed E-state index contributed by atoms with van der Waals surface area (Å²) in [5.74, 6) is -2.80. The summed E-state index contributed by atoms with van der Waals surface area (Å²) >= 11 is 0. The van der Waals surface area contributed by atoms with Gasteiger partial charge in [0.2, 0.25) is 0 Å². The highest BCUT2D eigenvalue weighted by Crippen LogP contribution is 2.44. The first-order chi connectivity index (χ1) is 16.3. The highest BCUT2D eigenvalue weighted by molar-refractivity contribution is 6.03. The van der Waals surface area contributed by atoms with Gasteiger partial charge in [0.05, 0.1) is 11.3 Å². The molecule has 1 aliphatic carbocycles. The minimum absolute atomic E-state index is 0.0214. The number of likely N-dealkylation sites (N-methyl/N-ethyl adjacent to an activating group) is 1. The van der Waals surface area contributed by atoms with E-state index in [4.69, 9.17) is 4.74 Å². The number of aliphatic carboxylic acids is 1. The Labute approximate surface area is 195 Å². The molecule has 0 fully saturated rings. The lowest BCUT2D eigenvalue weighted by Crippen LogP contribution is -2.40. The van der Waals surface area contributed by atoms with Crippen molar-refractivity contribution >= 4 is 23.7 Å². The highest BCUT2D eigenvalue weighted by Gasteiger charge is 2.29. The van der Waals surface area contributed by atoms with E-state index in [1.807, 2.05) is 48.5 Å². The molecular weight excluding hydrogens is 439 g/mol. The normalized spacial score (nSPS) is 12.9. The molecule has 0 aliphatic heterocycles. The molecule has 0 unspecified atom stereocenters. The zero-order chi connectivity index (χ0) is 24.4. The Hall–Kier alpha value is -4.20. The number of rotatable bonds is 6. The van der Waals surface area contributed by atoms with E-state index in [0.717, 1.165) is 39.3 Å². The lowest BCUT2D eigenvalue weighted by molar-refractivity contribution is -0.141. The van der Waals surface area contributed by atoms with Crippen LogP contribution in [0.3, 0.4) is 0 Å². The van der Waals surface area contributed by atoms with Gasteiger partial charge < -0.3 is 14.7 Å². The van der Waals surface area contributed by atoms with Gasteiger partial charge in [-0.25, -0.2) is 14.0 Å². The molecule has 7 nitrogen and oxygen atoms in total. The Balaban J connectivity index is 1.50. The molecule has 0 aromatic heterocycles. The van der Waals surface area contributed by atoms with Crippen LogP contribution < -0.4 is 5.32 Å². The number of fused-ring (bicyclic) bond motifs is 3. The molecule has 174 valence electrons. The fraction of sp³-hybridized carbons (Fsp3) is 0.192. The summed E-state index contributed by atoms with van der Waals surface area (Å²) in [6, 6.07) is 18.0. The predicted molar refractivity (Wildman–Crippen MR) is 124 cm³/mol. The fourth-order valence-corrected chi connectivity index (χ4v) is 4.08. The second kappa shape index (κ2) is 9.35. The van der Waals surface area contributed by atoms with Crippen LogP contribution in [0, 0.1) is 5.82 Å². The molecule has 4 rings (SSSR count). The van der Waals surface area contributed by atoms with Gasteiger partial charge in [0.15, 0.2) is 0 Å². The second-order valence-electron chi connectivity index (χ2n) is 8.07. The molecule has 0 radical (unpaired) electrons. The largest absolute Gasteiger partial charge is 0.480 e. The average molecular weight is 462 g/mol. The Morgan fingerprint density at radius 3 is 2.21 bits per heavy atom. The summed E-state index contributed by atoms with van der Waals surface area (Å²) in [5, 5.41) is 11.7. The number of hydrogen-bond donors (Lipinski definition) is 2. The zero-order valence-electron chi connectivity index (χ0n) is 18.6. The van der Waals surface area contributed by atoms with Crippen LogP contribution in [0.15, 0.2) is 66.7 Å². The van der Waals surface area contributed by atoms with Crippen LogP contribution >= 0.6 is 0 Å². The number of hydrogen-bond acceptors (Lipinski definition) is 4. The predicted octanol–water partition coefficient (Wildman–Crippen LogP) is 4.73. The third-order valence-electron chi connectivity index (χ3n) is 6.05. The molecule has 0 spiro atoms. The Morgan fingerprint density at radius 1 is 1.03 bits per heavy atom. The van der Waals surface area contributed by atoms with Gasteiger partial charge >= 0.3 is 12.1 Å². The van der Waals surface area contributed by atoms with E-state index in [9.17, 15) is 23.9 Å². The van der Waals surface area contributed by atoms with E-state index in [-0.39, 0.29) is 23.8 Å². The van der Waals surface area contributed by atoms with E-state index >= 15 is 0 Å². The number of carbonyl (C=O) groups is 3. The molecule has 2 amide bonds. The van der Waals surface area contributed by atoms with Crippen molar-refractivity contribution in [1.29, 1.82) is 0 Å². The maximum atomic E-state index is 13.9. The van der Waals surface area contributed by atoms with Crippen LogP contribution in [-0.2, 0) is 9.53 Å². The quantitative estimate of drug-likeness (QED) is 0.552. The van der Waals surface area contributed by atoms with E-state index in [2.05, 4.69) is 5.32 Å². The number of nitrogens with zero attached hydrogens (tertiary/aromatic N) is 1. The van der Waals surface area contributed by atoms with Crippen molar-refractivity contribution in [3.05, 3.63) is 89.2 Å². The number of carboxylic acid groups (broad SMARTS) is 1. The van der Waals surface area contributed by atoms with Crippen molar-refractivity contribution in [1.82, 2.24) is 4.90 Å². The van der Waals surface area contributed by atoms with Crippen molar-refractivity contribution in [2.45, 2.75) is 18.9 Å². The summed E-state index contributed by atoms with van der Waals surface area (Å²) in [5.41, 5.74) is 4.14. The van der Waals surface area contributed by atoms with Crippen molar-refractivity contribution < 1.29 is 28.6 Å². The number of carbonyl (C=O) groups excluding carboxylic acids is 2. The molecule has 1 atom stereocenters. The van der Waals surface area contributed by atoms with Crippen LogP contribution in [0.4, 0.5) is 14.9 Å². The van der Waals surface area contributed by atoms with Crippen LogP contribution in [0.5, 0.6) is 0 Å². The number of amides is 2. The first-order valence-corrected chi connectivity index (χ1v) is 10.7. The topological polar surface area (TPSA) is 95.9 Å². The number of benzene rings is 3. The molecular formula is C26H23FN2O5.